The molecule has 28 heavy (non-hydrogen) atoms. The first-order valence-corrected chi connectivity index (χ1v) is 9.91. The van der Waals surface area contributed by atoms with E-state index in [1.807, 2.05) is 24.3 Å². The van der Waals surface area contributed by atoms with Crippen molar-refractivity contribution in [2.24, 2.45) is 5.92 Å². The van der Waals surface area contributed by atoms with Crippen molar-refractivity contribution in [3.8, 4) is 5.75 Å². The monoisotopic (exact) mass is 377 g/mol. The number of hydrogen-bond acceptors (Lipinski definition) is 4. The van der Waals surface area contributed by atoms with Crippen molar-refractivity contribution in [1.82, 2.24) is 4.98 Å². The van der Waals surface area contributed by atoms with Crippen LogP contribution in [0.2, 0.25) is 0 Å². The molecule has 5 nitrogen and oxygen atoms in total. The van der Waals surface area contributed by atoms with E-state index in [0.29, 0.717) is 12.1 Å². The summed E-state index contributed by atoms with van der Waals surface area (Å²) in [5.74, 6) is 1.53. The van der Waals surface area contributed by atoms with Gasteiger partial charge in [0.15, 0.2) is 0 Å². The van der Waals surface area contributed by atoms with Crippen LogP contribution in [0.5, 0.6) is 5.75 Å². The molecule has 1 saturated heterocycles. The molecule has 2 heterocycles. The van der Waals surface area contributed by atoms with E-state index in [9.17, 15) is 4.79 Å². The first-order chi connectivity index (χ1) is 13.6. The van der Waals surface area contributed by atoms with Crippen molar-refractivity contribution in [3.63, 3.8) is 0 Å². The Morgan fingerprint density at radius 1 is 1.18 bits per heavy atom. The molecule has 1 atom stereocenters. The minimum absolute atomic E-state index is 0.0657. The van der Waals surface area contributed by atoms with Gasteiger partial charge in [-0.1, -0.05) is 6.92 Å². The number of H-pyrrole nitrogens is 1. The second kappa shape index (κ2) is 7.97. The number of piperidine rings is 1. The average Bonchev–Trinajstić information content (AvgIpc) is 2.72. The third kappa shape index (κ3) is 3.98. The van der Waals surface area contributed by atoms with Gasteiger partial charge in [-0.25, -0.2) is 0 Å². The van der Waals surface area contributed by atoms with Crippen LogP contribution >= 0.6 is 0 Å². The molecule has 1 aliphatic rings. The topological polar surface area (TPSA) is 57.4 Å². The Bertz CT molecular complexity index is 1010. The van der Waals surface area contributed by atoms with Crippen LogP contribution in [-0.2, 0) is 6.54 Å². The van der Waals surface area contributed by atoms with E-state index in [4.69, 9.17) is 4.74 Å². The SMILES string of the molecule is COc1ccc2[nH]c(=O)c(CNc3ccc(N4CCCC(C)C4)cc3)cc2c1. The highest BCUT2D eigenvalue weighted by atomic mass is 16.5. The van der Waals surface area contributed by atoms with Crippen LogP contribution in [0.15, 0.2) is 53.3 Å². The molecule has 0 bridgehead atoms. The summed E-state index contributed by atoms with van der Waals surface area (Å²) < 4.78 is 5.28. The molecule has 0 saturated carbocycles. The van der Waals surface area contributed by atoms with Crippen LogP contribution in [0.1, 0.15) is 25.3 Å². The number of nitrogens with zero attached hydrogens (tertiary/aromatic N) is 1. The Balaban J connectivity index is 1.46. The van der Waals surface area contributed by atoms with Gasteiger partial charge in [0.1, 0.15) is 5.75 Å². The Labute approximate surface area is 165 Å². The molecule has 0 radical (unpaired) electrons. The van der Waals surface area contributed by atoms with E-state index in [1.165, 1.54) is 18.5 Å². The van der Waals surface area contributed by atoms with Crippen molar-refractivity contribution in [1.29, 1.82) is 0 Å². The Kier molecular flexibility index (Phi) is 5.24. The molecular formula is C23H27N3O2. The van der Waals surface area contributed by atoms with E-state index < -0.39 is 0 Å². The molecule has 5 heteroatoms. The highest BCUT2D eigenvalue weighted by Crippen LogP contribution is 2.24. The fraction of sp³-hybridized carbons (Fsp3) is 0.348. The molecule has 0 amide bonds. The van der Waals surface area contributed by atoms with Crippen LogP contribution in [-0.4, -0.2) is 25.2 Å². The summed E-state index contributed by atoms with van der Waals surface area (Å²) in [5.41, 5.74) is 3.74. The number of hydrogen-bond donors (Lipinski definition) is 2. The van der Waals surface area contributed by atoms with Crippen molar-refractivity contribution in [2.75, 3.05) is 30.4 Å². The fourth-order valence-corrected chi connectivity index (χ4v) is 3.90. The highest BCUT2D eigenvalue weighted by molar-refractivity contribution is 5.80. The van der Waals surface area contributed by atoms with Gasteiger partial charge in [0.25, 0.3) is 5.56 Å². The maximum atomic E-state index is 12.4. The van der Waals surface area contributed by atoms with Crippen molar-refractivity contribution >= 4 is 22.3 Å². The lowest BCUT2D eigenvalue weighted by molar-refractivity contribution is 0.415. The molecule has 0 spiro atoms. The minimum atomic E-state index is -0.0657. The van der Waals surface area contributed by atoms with Gasteiger partial charge in [-0.3, -0.25) is 4.79 Å². The molecule has 1 aromatic heterocycles. The first-order valence-electron chi connectivity index (χ1n) is 9.91. The molecule has 0 aliphatic carbocycles. The van der Waals surface area contributed by atoms with E-state index in [0.717, 1.165) is 41.3 Å². The molecule has 3 aromatic rings. The Morgan fingerprint density at radius 2 is 2.00 bits per heavy atom. The number of pyridine rings is 1. The lowest BCUT2D eigenvalue weighted by Crippen LogP contribution is -2.34. The van der Waals surface area contributed by atoms with Crippen LogP contribution in [0.3, 0.4) is 0 Å². The van der Waals surface area contributed by atoms with Crippen LogP contribution in [0, 0.1) is 5.92 Å². The summed E-state index contributed by atoms with van der Waals surface area (Å²) in [6, 6.07) is 16.1. The van der Waals surface area contributed by atoms with Crippen molar-refractivity contribution < 1.29 is 4.74 Å². The number of methoxy groups -OCH3 is 1. The Hall–Kier alpha value is -2.95. The van der Waals surface area contributed by atoms with E-state index >= 15 is 0 Å². The summed E-state index contributed by atoms with van der Waals surface area (Å²) in [5, 5.41) is 4.33. The molecule has 4 rings (SSSR count). The van der Waals surface area contributed by atoms with Gasteiger partial charge in [0.2, 0.25) is 0 Å². The van der Waals surface area contributed by atoms with Crippen molar-refractivity contribution in [2.45, 2.75) is 26.3 Å². The standard InChI is InChI=1S/C23H27N3O2/c1-16-4-3-11-26(15-16)20-7-5-19(6-8-20)24-14-18-12-17-13-21(28-2)9-10-22(17)25-23(18)27/h5-10,12-13,16,24H,3-4,11,14-15H2,1-2H3,(H,25,27). The van der Waals surface area contributed by atoms with E-state index in [1.54, 1.807) is 7.11 Å². The van der Waals surface area contributed by atoms with Crippen LogP contribution in [0.4, 0.5) is 11.4 Å². The van der Waals surface area contributed by atoms with Crippen molar-refractivity contribution in [3.05, 3.63) is 64.4 Å². The predicted octanol–water partition coefficient (Wildman–Crippen LogP) is 4.39. The molecule has 1 fully saturated rings. The number of rotatable bonds is 5. The zero-order chi connectivity index (χ0) is 19.5. The first kappa shape index (κ1) is 18.4. The van der Waals surface area contributed by atoms with Gasteiger partial charge in [-0.05, 0) is 67.3 Å². The number of anilines is 2. The summed E-state index contributed by atoms with van der Waals surface area (Å²) in [4.78, 5) is 17.8. The minimum Gasteiger partial charge on any atom is -0.497 e. The second-order valence-corrected chi connectivity index (χ2v) is 7.67. The smallest absolute Gasteiger partial charge is 0.253 e. The van der Waals surface area contributed by atoms with Crippen LogP contribution < -0.4 is 20.5 Å². The third-order valence-electron chi connectivity index (χ3n) is 5.50. The zero-order valence-corrected chi connectivity index (χ0v) is 16.5. The summed E-state index contributed by atoms with van der Waals surface area (Å²) in [6.45, 7) is 5.05. The maximum absolute atomic E-state index is 12.4. The lowest BCUT2D eigenvalue weighted by Gasteiger charge is -2.32. The van der Waals surface area contributed by atoms with Gasteiger partial charge in [0, 0.05) is 47.5 Å². The summed E-state index contributed by atoms with van der Waals surface area (Å²) in [7, 11) is 1.64. The second-order valence-electron chi connectivity index (χ2n) is 7.67. The van der Waals surface area contributed by atoms with Gasteiger partial charge in [-0.2, -0.15) is 0 Å². The predicted molar refractivity (Wildman–Crippen MR) is 116 cm³/mol. The fourth-order valence-electron chi connectivity index (χ4n) is 3.90. The molecule has 1 aliphatic heterocycles. The number of nitrogens with one attached hydrogen (secondary N) is 2. The number of fused-ring (bicyclic) bond motifs is 1. The summed E-state index contributed by atoms with van der Waals surface area (Å²) in [6.07, 6.45) is 2.58. The summed E-state index contributed by atoms with van der Waals surface area (Å²) >= 11 is 0. The van der Waals surface area contributed by atoms with Crippen LogP contribution in [0.25, 0.3) is 10.9 Å². The van der Waals surface area contributed by atoms with Gasteiger partial charge < -0.3 is 19.9 Å². The normalized spacial score (nSPS) is 16.9. The van der Waals surface area contributed by atoms with Gasteiger partial charge in [0.05, 0.1) is 7.11 Å². The molecule has 146 valence electrons. The molecule has 2 N–H and O–H groups in total. The Morgan fingerprint density at radius 3 is 2.75 bits per heavy atom. The molecule has 1 unspecified atom stereocenters. The molecular weight excluding hydrogens is 350 g/mol. The number of benzene rings is 2. The average molecular weight is 377 g/mol. The quantitative estimate of drug-likeness (QED) is 0.693. The third-order valence-corrected chi connectivity index (χ3v) is 5.50. The number of aromatic nitrogens is 1. The number of ether oxygens (including phenoxy) is 1. The zero-order valence-electron chi connectivity index (χ0n) is 16.5. The lowest BCUT2D eigenvalue weighted by atomic mass is 10.00. The maximum Gasteiger partial charge on any atom is 0.253 e. The molecule has 2 aromatic carbocycles. The van der Waals surface area contributed by atoms with E-state index in [-0.39, 0.29) is 5.56 Å². The van der Waals surface area contributed by atoms with E-state index in [2.05, 4.69) is 46.4 Å². The highest BCUT2D eigenvalue weighted by Gasteiger charge is 2.16. The number of aromatic amines is 1. The van der Waals surface area contributed by atoms with Gasteiger partial charge in [-0.15, -0.1) is 0 Å². The largest absolute Gasteiger partial charge is 0.497 e. The van der Waals surface area contributed by atoms with Gasteiger partial charge >= 0.3 is 0 Å².